The third-order valence-electron chi connectivity index (χ3n) is 1.45. The van der Waals surface area contributed by atoms with Crippen LogP contribution in [0.5, 0.6) is 0 Å². The van der Waals surface area contributed by atoms with E-state index in [1.165, 1.54) is 0 Å². The molecule has 0 bridgehead atoms. The summed E-state index contributed by atoms with van der Waals surface area (Å²) < 4.78 is 23.9. The molecule has 0 radical (unpaired) electrons. The lowest BCUT2D eigenvalue weighted by molar-refractivity contribution is -0.126. The summed E-state index contributed by atoms with van der Waals surface area (Å²) in [6.45, 7) is 0. The Morgan fingerprint density at radius 1 is 1.33 bits per heavy atom. The Hall–Kier alpha value is -0.0800. The molecule has 0 aromatic carbocycles. The van der Waals surface area contributed by atoms with Crippen molar-refractivity contribution in [2.24, 2.45) is 0 Å². The van der Waals surface area contributed by atoms with Crippen molar-refractivity contribution in [1.29, 1.82) is 0 Å². The van der Waals surface area contributed by atoms with Gasteiger partial charge in [-0.2, -0.15) is 8.42 Å². The topological polar surface area (TPSA) is 89.5 Å². The van der Waals surface area contributed by atoms with Gasteiger partial charge in [-0.05, 0) is 0 Å². The molecule has 1 fully saturated rings. The molecule has 0 spiro atoms. The number of hydrogen-bond donors (Lipinski definition) is 1. The van der Waals surface area contributed by atoms with Crippen molar-refractivity contribution in [3.8, 4) is 0 Å². The number of rotatable bonds is 2. The number of amides is 2. The highest BCUT2D eigenvalue weighted by Gasteiger charge is 2.44. The van der Waals surface area contributed by atoms with Crippen LogP contribution in [0.2, 0.25) is 0 Å². The van der Waals surface area contributed by atoms with Crippen LogP contribution < -0.4 is 5.32 Å². The van der Waals surface area contributed by atoms with E-state index in [4.69, 9.17) is 34.8 Å². The zero-order valence-corrected chi connectivity index (χ0v) is 9.95. The molecule has 0 saturated carbocycles. The predicted molar refractivity (Wildman–Crippen MR) is 51.8 cm³/mol. The molecule has 1 aliphatic heterocycles. The van der Waals surface area contributed by atoms with Gasteiger partial charge in [0, 0.05) is 0 Å². The summed E-state index contributed by atoms with van der Waals surface area (Å²) in [6, 6.07) is 0. The van der Waals surface area contributed by atoms with Crippen molar-refractivity contribution >= 4 is 56.7 Å². The molecule has 15 heavy (non-hydrogen) atoms. The van der Waals surface area contributed by atoms with E-state index < -0.39 is 37.6 Å². The van der Waals surface area contributed by atoms with E-state index >= 15 is 0 Å². The number of halogens is 3. The summed E-state index contributed by atoms with van der Waals surface area (Å²) in [7, 11) is -4.55. The van der Waals surface area contributed by atoms with Crippen molar-refractivity contribution < 1.29 is 22.2 Å². The van der Waals surface area contributed by atoms with Crippen LogP contribution in [0, 0.1) is 0 Å². The van der Waals surface area contributed by atoms with Crippen LogP contribution in [-0.4, -0.2) is 29.5 Å². The number of hydrogen-bond acceptors (Lipinski definition) is 5. The molecule has 1 saturated heterocycles. The minimum atomic E-state index is -4.55. The van der Waals surface area contributed by atoms with Crippen molar-refractivity contribution in [2.45, 2.75) is 15.6 Å². The molecular formula is C5H4Cl3NO5S. The highest BCUT2D eigenvalue weighted by molar-refractivity contribution is 7.92. The van der Waals surface area contributed by atoms with Crippen LogP contribution in [-0.2, 0) is 23.9 Å². The average molecular weight is 297 g/mol. The summed E-state index contributed by atoms with van der Waals surface area (Å²) in [5.41, 5.74) is 0. The van der Waals surface area contributed by atoms with Gasteiger partial charge in [-0.3, -0.25) is 19.1 Å². The van der Waals surface area contributed by atoms with Gasteiger partial charge in [0.2, 0.25) is 5.91 Å². The highest BCUT2D eigenvalue weighted by Crippen LogP contribution is 2.35. The summed E-state index contributed by atoms with van der Waals surface area (Å²) in [5.74, 6) is -1.53. The predicted octanol–water partition coefficient (Wildman–Crippen LogP) is 0.0756. The molecule has 1 heterocycles. The van der Waals surface area contributed by atoms with Gasteiger partial charge in [-0.15, -0.1) is 0 Å². The lowest BCUT2D eigenvalue weighted by atomic mass is 10.3. The van der Waals surface area contributed by atoms with E-state index in [1.54, 1.807) is 0 Å². The number of carbonyl (C=O) groups is 2. The van der Waals surface area contributed by atoms with Gasteiger partial charge >= 0.3 is 13.2 Å². The minimum Gasteiger partial charge on any atom is -0.294 e. The lowest BCUT2D eigenvalue weighted by Crippen LogP contribution is -2.32. The molecule has 1 unspecified atom stereocenters. The Morgan fingerprint density at radius 3 is 2.20 bits per heavy atom. The fourth-order valence-corrected chi connectivity index (χ4v) is 1.71. The number of carbonyl (C=O) groups excluding carboxylic acids is 2. The molecule has 6 nitrogen and oxygen atoms in total. The second-order valence-corrected chi connectivity index (χ2v) is 7.27. The quantitative estimate of drug-likeness (QED) is 0.443. The average Bonchev–Trinajstić information content (AvgIpc) is 2.26. The van der Waals surface area contributed by atoms with Gasteiger partial charge in [0.15, 0.2) is 6.10 Å². The fourth-order valence-electron chi connectivity index (χ4n) is 0.815. The maximum atomic E-state index is 11.2. The molecule has 0 aromatic heterocycles. The second kappa shape index (κ2) is 4.06. The summed E-state index contributed by atoms with van der Waals surface area (Å²) >= 11 is 15.3. The number of alkyl halides is 3. The molecule has 2 amide bonds. The molecule has 0 aromatic rings. The van der Waals surface area contributed by atoms with Gasteiger partial charge < -0.3 is 0 Å². The number of imide groups is 1. The Balaban J connectivity index is 2.80. The van der Waals surface area contributed by atoms with Crippen molar-refractivity contribution in [2.75, 3.05) is 0 Å². The van der Waals surface area contributed by atoms with E-state index in [0.717, 1.165) is 0 Å². The standard InChI is InChI=1S/C5H4Cl3NO5S/c6-5(7,8)15(12,13)14-2-1-3(10)9-4(2)11/h2H,1H2,(H,9,10,11). The van der Waals surface area contributed by atoms with E-state index in [0.29, 0.717) is 0 Å². The number of nitrogens with one attached hydrogen (secondary N) is 1. The van der Waals surface area contributed by atoms with Crippen molar-refractivity contribution in [3.05, 3.63) is 0 Å². The third-order valence-corrected chi connectivity index (χ3v) is 4.21. The van der Waals surface area contributed by atoms with Gasteiger partial charge in [0.25, 0.3) is 5.91 Å². The molecule has 1 N–H and O–H groups in total. The maximum Gasteiger partial charge on any atom is 0.318 e. The Labute approximate surface area is 99.9 Å². The highest BCUT2D eigenvalue weighted by atomic mass is 35.6. The SMILES string of the molecule is O=C1CC(OS(=O)(=O)C(Cl)(Cl)Cl)C(=O)N1. The molecule has 0 aliphatic carbocycles. The smallest absolute Gasteiger partial charge is 0.294 e. The fraction of sp³-hybridized carbons (Fsp3) is 0.600. The monoisotopic (exact) mass is 295 g/mol. The first-order valence-electron chi connectivity index (χ1n) is 3.47. The molecule has 10 heteroatoms. The van der Waals surface area contributed by atoms with E-state index in [-0.39, 0.29) is 0 Å². The van der Waals surface area contributed by atoms with Crippen LogP contribution in [0.4, 0.5) is 0 Å². The molecule has 1 aliphatic rings. The summed E-state index contributed by atoms with van der Waals surface area (Å²) in [5, 5.41) is 1.84. The molecule has 1 rings (SSSR count). The van der Waals surface area contributed by atoms with E-state index in [1.807, 2.05) is 5.32 Å². The minimum absolute atomic E-state index is 0.418. The van der Waals surface area contributed by atoms with Crippen LogP contribution in [0.25, 0.3) is 0 Å². The Bertz CT molecular complexity index is 399. The molecule has 86 valence electrons. The van der Waals surface area contributed by atoms with Crippen molar-refractivity contribution in [1.82, 2.24) is 5.32 Å². The van der Waals surface area contributed by atoms with Gasteiger partial charge in [0.1, 0.15) is 0 Å². The Kier molecular flexibility index (Phi) is 3.52. The van der Waals surface area contributed by atoms with E-state index in [2.05, 4.69) is 4.18 Å². The van der Waals surface area contributed by atoms with Gasteiger partial charge in [-0.1, -0.05) is 34.8 Å². The third kappa shape index (κ3) is 2.94. The first-order chi connectivity index (χ1) is 6.63. The first-order valence-corrected chi connectivity index (χ1v) is 6.01. The maximum absolute atomic E-state index is 11.2. The second-order valence-electron chi connectivity index (χ2n) is 2.60. The van der Waals surface area contributed by atoms with Crippen LogP contribution in [0.1, 0.15) is 6.42 Å². The van der Waals surface area contributed by atoms with Crippen molar-refractivity contribution in [3.63, 3.8) is 0 Å². The van der Waals surface area contributed by atoms with Gasteiger partial charge in [0.05, 0.1) is 6.42 Å². The van der Waals surface area contributed by atoms with Crippen LogP contribution in [0.15, 0.2) is 0 Å². The Morgan fingerprint density at radius 2 is 1.87 bits per heavy atom. The molecular weight excluding hydrogens is 292 g/mol. The normalized spacial score (nSPS) is 23.0. The van der Waals surface area contributed by atoms with Gasteiger partial charge in [-0.25, -0.2) is 0 Å². The lowest BCUT2D eigenvalue weighted by Gasteiger charge is -2.14. The van der Waals surface area contributed by atoms with Crippen LogP contribution >= 0.6 is 34.8 Å². The van der Waals surface area contributed by atoms with Crippen LogP contribution in [0.3, 0.4) is 0 Å². The zero-order chi connectivity index (χ0) is 11.9. The summed E-state index contributed by atoms with van der Waals surface area (Å²) in [6.07, 6.45) is -1.89. The van der Waals surface area contributed by atoms with E-state index in [9.17, 15) is 18.0 Å². The first kappa shape index (κ1) is 13.0. The summed E-state index contributed by atoms with van der Waals surface area (Å²) in [4.78, 5) is 21.6. The largest absolute Gasteiger partial charge is 0.318 e. The zero-order valence-electron chi connectivity index (χ0n) is 6.87. The molecule has 1 atom stereocenters.